The van der Waals surface area contributed by atoms with Gasteiger partial charge in [-0.1, -0.05) is 48.6 Å². The molecule has 1 aliphatic rings. The first-order valence-electron chi connectivity index (χ1n) is 7.50. The summed E-state index contributed by atoms with van der Waals surface area (Å²) in [6.45, 7) is 0. The van der Waals surface area contributed by atoms with Crippen molar-refractivity contribution in [3.63, 3.8) is 0 Å². The van der Waals surface area contributed by atoms with Crippen molar-refractivity contribution in [3.8, 4) is 0 Å². The van der Waals surface area contributed by atoms with Crippen LogP contribution >= 0.6 is 11.8 Å². The summed E-state index contributed by atoms with van der Waals surface area (Å²) in [6, 6.07) is 14.7. The monoisotopic (exact) mass is 309 g/mol. The number of amides is 1. The quantitative estimate of drug-likeness (QED) is 0.849. The molecule has 0 spiro atoms. The van der Waals surface area contributed by atoms with E-state index < -0.39 is 0 Å². The van der Waals surface area contributed by atoms with E-state index in [0.29, 0.717) is 6.42 Å². The van der Waals surface area contributed by atoms with Crippen LogP contribution in [0.25, 0.3) is 6.08 Å². The first-order chi connectivity index (χ1) is 10.7. The van der Waals surface area contributed by atoms with E-state index in [0.717, 1.165) is 29.1 Å². The summed E-state index contributed by atoms with van der Waals surface area (Å²) < 4.78 is 0. The first kappa shape index (κ1) is 14.9. The molecule has 0 atom stereocenters. The van der Waals surface area contributed by atoms with Gasteiger partial charge < -0.3 is 5.73 Å². The van der Waals surface area contributed by atoms with Crippen LogP contribution in [0.2, 0.25) is 0 Å². The van der Waals surface area contributed by atoms with Gasteiger partial charge in [0.1, 0.15) is 0 Å². The van der Waals surface area contributed by atoms with Crippen LogP contribution in [-0.4, -0.2) is 5.91 Å². The van der Waals surface area contributed by atoms with Crippen LogP contribution in [0.5, 0.6) is 0 Å². The normalized spacial score (nSPS) is 12.9. The number of rotatable bonds is 5. The third-order valence-corrected chi connectivity index (χ3v) is 5.01. The largest absolute Gasteiger partial charge is 0.369 e. The van der Waals surface area contributed by atoms with Gasteiger partial charge in [-0.15, -0.1) is 11.8 Å². The second-order valence-corrected chi connectivity index (χ2v) is 6.53. The summed E-state index contributed by atoms with van der Waals surface area (Å²) in [5.41, 5.74) is 10.4. The van der Waals surface area contributed by atoms with Crippen LogP contribution in [-0.2, 0) is 23.4 Å². The number of fused-ring (bicyclic) bond motifs is 1. The van der Waals surface area contributed by atoms with Gasteiger partial charge >= 0.3 is 0 Å². The highest BCUT2D eigenvalue weighted by Gasteiger charge is 2.08. The van der Waals surface area contributed by atoms with Crippen molar-refractivity contribution in [3.05, 3.63) is 70.8 Å². The Morgan fingerprint density at radius 3 is 2.91 bits per heavy atom. The molecule has 0 aliphatic heterocycles. The molecule has 0 fully saturated rings. The number of carbonyl (C=O) groups excluding carboxylic acids is 1. The number of benzene rings is 2. The molecule has 112 valence electrons. The Labute approximate surface area is 135 Å². The molecule has 0 aromatic heterocycles. The number of aryl methyl sites for hydroxylation is 1. The Balaban J connectivity index is 1.73. The summed E-state index contributed by atoms with van der Waals surface area (Å²) in [5, 5.41) is 0. The first-order valence-corrected chi connectivity index (χ1v) is 8.48. The molecule has 0 saturated heterocycles. The Morgan fingerprint density at radius 1 is 1.18 bits per heavy atom. The molecule has 0 radical (unpaired) electrons. The predicted octanol–water partition coefficient (Wildman–Crippen LogP) is 3.97. The second-order valence-electron chi connectivity index (χ2n) is 5.51. The number of hydrogen-bond acceptors (Lipinski definition) is 2. The second kappa shape index (κ2) is 6.84. The van der Waals surface area contributed by atoms with Gasteiger partial charge in [0.2, 0.25) is 5.91 Å². The molecule has 0 heterocycles. The van der Waals surface area contributed by atoms with Gasteiger partial charge in [-0.2, -0.15) is 0 Å². The minimum absolute atomic E-state index is 0.285. The Hall–Kier alpha value is -2.00. The molecule has 1 amide bonds. The Morgan fingerprint density at radius 2 is 2.05 bits per heavy atom. The van der Waals surface area contributed by atoms with Crippen LogP contribution < -0.4 is 5.73 Å². The predicted molar refractivity (Wildman–Crippen MR) is 92.7 cm³/mol. The average molecular weight is 309 g/mol. The van der Waals surface area contributed by atoms with E-state index in [-0.39, 0.29) is 5.91 Å². The standard InChI is InChI=1S/C19H19NOS/c20-19(21)12-17-7-3-4-8-18(17)22-13-14-9-10-15-5-1-2-6-16(15)11-14/h2-4,6-11H,1,5,12-13H2,(H2,20,21). The Kier molecular flexibility index (Phi) is 4.64. The van der Waals surface area contributed by atoms with E-state index in [4.69, 9.17) is 5.73 Å². The SMILES string of the molecule is NC(=O)Cc1ccccc1SCc1ccc2c(c1)C=CCC2. The van der Waals surface area contributed by atoms with Crippen LogP contribution in [0.15, 0.2) is 53.4 Å². The van der Waals surface area contributed by atoms with Gasteiger partial charge in [-0.05, 0) is 41.2 Å². The molecular formula is C19H19NOS. The number of allylic oxidation sites excluding steroid dienone is 1. The Bertz CT molecular complexity index is 721. The summed E-state index contributed by atoms with van der Waals surface area (Å²) in [4.78, 5) is 12.3. The fourth-order valence-electron chi connectivity index (χ4n) is 2.71. The molecule has 2 aromatic carbocycles. The number of hydrogen-bond donors (Lipinski definition) is 1. The van der Waals surface area contributed by atoms with Crippen molar-refractivity contribution in [2.24, 2.45) is 5.73 Å². The summed E-state index contributed by atoms with van der Waals surface area (Å²) in [7, 11) is 0. The fourth-order valence-corrected chi connectivity index (χ4v) is 3.71. The number of nitrogens with two attached hydrogens (primary N) is 1. The van der Waals surface area contributed by atoms with Crippen LogP contribution in [0.4, 0.5) is 0 Å². The van der Waals surface area contributed by atoms with Gasteiger partial charge in [0.05, 0.1) is 6.42 Å². The average Bonchev–Trinajstić information content (AvgIpc) is 2.53. The molecule has 0 bridgehead atoms. The fraction of sp³-hybridized carbons (Fsp3) is 0.211. The van der Waals surface area contributed by atoms with Crippen molar-refractivity contribution < 1.29 is 4.79 Å². The van der Waals surface area contributed by atoms with E-state index in [1.807, 2.05) is 18.2 Å². The minimum Gasteiger partial charge on any atom is -0.369 e. The molecule has 22 heavy (non-hydrogen) atoms. The van der Waals surface area contributed by atoms with Gasteiger partial charge in [-0.3, -0.25) is 4.79 Å². The highest BCUT2D eigenvalue weighted by molar-refractivity contribution is 7.98. The van der Waals surface area contributed by atoms with E-state index in [1.165, 1.54) is 16.7 Å². The zero-order valence-corrected chi connectivity index (χ0v) is 13.2. The van der Waals surface area contributed by atoms with Crippen LogP contribution in [0, 0.1) is 0 Å². The summed E-state index contributed by atoms with van der Waals surface area (Å²) in [5.74, 6) is 0.614. The molecular weight excluding hydrogens is 290 g/mol. The molecule has 3 heteroatoms. The number of primary amides is 1. The smallest absolute Gasteiger partial charge is 0.221 e. The molecule has 0 saturated carbocycles. The summed E-state index contributed by atoms with van der Waals surface area (Å²) >= 11 is 1.76. The number of thioether (sulfide) groups is 1. The molecule has 0 unspecified atom stereocenters. The molecule has 3 rings (SSSR count). The molecule has 2 N–H and O–H groups in total. The molecule has 2 nitrogen and oxygen atoms in total. The lowest BCUT2D eigenvalue weighted by Gasteiger charge is -2.12. The maximum Gasteiger partial charge on any atom is 0.221 e. The van der Waals surface area contributed by atoms with Crippen molar-refractivity contribution in [1.82, 2.24) is 0 Å². The third-order valence-electron chi connectivity index (χ3n) is 3.82. The van der Waals surface area contributed by atoms with Crippen LogP contribution in [0.3, 0.4) is 0 Å². The van der Waals surface area contributed by atoms with Crippen molar-refractivity contribution in [2.45, 2.75) is 29.9 Å². The maximum absolute atomic E-state index is 11.2. The minimum atomic E-state index is -0.285. The van der Waals surface area contributed by atoms with Crippen molar-refractivity contribution in [1.29, 1.82) is 0 Å². The zero-order chi connectivity index (χ0) is 15.4. The van der Waals surface area contributed by atoms with Gasteiger partial charge in [0.15, 0.2) is 0 Å². The summed E-state index contributed by atoms with van der Waals surface area (Å²) in [6.07, 6.45) is 7.04. The maximum atomic E-state index is 11.2. The topological polar surface area (TPSA) is 43.1 Å². The lowest BCUT2D eigenvalue weighted by Crippen LogP contribution is -2.14. The van der Waals surface area contributed by atoms with Crippen molar-refractivity contribution >= 4 is 23.7 Å². The molecule has 2 aromatic rings. The lowest BCUT2D eigenvalue weighted by atomic mass is 9.96. The zero-order valence-electron chi connectivity index (χ0n) is 12.4. The highest BCUT2D eigenvalue weighted by atomic mass is 32.2. The van der Waals surface area contributed by atoms with Crippen molar-refractivity contribution in [2.75, 3.05) is 0 Å². The molecule has 1 aliphatic carbocycles. The van der Waals surface area contributed by atoms with E-state index in [1.54, 1.807) is 11.8 Å². The van der Waals surface area contributed by atoms with Gasteiger partial charge in [0.25, 0.3) is 0 Å². The van der Waals surface area contributed by atoms with E-state index in [2.05, 4.69) is 36.4 Å². The van der Waals surface area contributed by atoms with Gasteiger partial charge in [-0.25, -0.2) is 0 Å². The van der Waals surface area contributed by atoms with Crippen LogP contribution in [0.1, 0.15) is 28.7 Å². The van der Waals surface area contributed by atoms with E-state index >= 15 is 0 Å². The van der Waals surface area contributed by atoms with Gasteiger partial charge in [0, 0.05) is 10.6 Å². The third kappa shape index (κ3) is 3.60. The number of carbonyl (C=O) groups is 1. The lowest BCUT2D eigenvalue weighted by molar-refractivity contribution is -0.117. The van der Waals surface area contributed by atoms with E-state index in [9.17, 15) is 4.79 Å². The highest BCUT2D eigenvalue weighted by Crippen LogP contribution is 2.28.